The van der Waals surface area contributed by atoms with Gasteiger partial charge in [0.05, 0.1) is 5.75 Å². The number of carbonyl (C=O) groups excluding carboxylic acids is 1. The van der Waals surface area contributed by atoms with Gasteiger partial charge in [0.25, 0.3) is 0 Å². The van der Waals surface area contributed by atoms with Gasteiger partial charge >= 0.3 is 5.97 Å². The predicted molar refractivity (Wildman–Crippen MR) is 66.2 cm³/mol. The standard InChI is InChI=1S/C12H17NO2S/c1-12(2,3)16-9-11(14)15-8-10-5-4-6-13-7-10/h4-7H,8-9H2,1-3H3. The summed E-state index contributed by atoms with van der Waals surface area (Å²) in [6.07, 6.45) is 3.39. The molecule has 3 nitrogen and oxygen atoms in total. The molecule has 0 saturated carbocycles. The third-order valence-electron chi connectivity index (χ3n) is 1.75. The van der Waals surface area contributed by atoms with Crippen LogP contribution < -0.4 is 0 Å². The maximum Gasteiger partial charge on any atom is 0.316 e. The molecule has 0 amide bonds. The fourth-order valence-corrected chi connectivity index (χ4v) is 1.60. The van der Waals surface area contributed by atoms with Crippen molar-refractivity contribution in [3.05, 3.63) is 30.1 Å². The molecule has 1 aromatic heterocycles. The molecule has 0 atom stereocenters. The highest BCUT2D eigenvalue weighted by molar-refractivity contribution is 8.01. The van der Waals surface area contributed by atoms with E-state index in [0.29, 0.717) is 12.4 Å². The zero-order valence-corrected chi connectivity index (χ0v) is 10.7. The Balaban J connectivity index is 2.26. The van der Waals surface area contributed by atoms with Crippen molar-refractivity contribution in [3.8, 4) is 0 Å². The van der Waals surface area contributed by atoms with Crippen LogP contribution in [0.1, 0.15) is 26.3 Å². The average molecular weight is 239 g/mol. The highest BCUT2D eigenvalue weighted by atomic mass is 32.2. The molecule has 1 aromatic rings. The minimum absolute atomic E-state index is 0.0906. The van der Waals surface area contributed by atoms with Crippen molar-refractivity contribution in [2.75, 3.05) is 5.75 Å². The lowest BCUT2D eigenvalue weighted by molar-refractivity contribution is -0.141. The van der Waals surface area contributed by atoms with Crippen LogP contribution in [0.2, 0.25) is 0 Å². The number of pyridine rings is 1. The van der Waals surface area contributed by atoms with Gasteiger partial charge in [0, 0.05) is 22.7 Å². The first-order valence-electron chi connectivity index (χ1n) is 5.16. The van der Waals surface area contributed by atoms with Crippen molar-refractivity contribution in [1.29, 1.82) is 0 Å². The largest absolute Gasteiger partial charge is 0.460 e. The monoisotopic (exact) mass is 239 g/mol. The van der Waals surface area contributed by atoms with Crippen LogP contribution in [-0.2, 0) is 16.1 Å². The van der Waals surface area contributed by atoms with Gasteiger partial charge in [-0.2, -0.15) is 0 Å². The first kappa shape index (κ1) is 13.0. The Kier molecular flexibility index (Phi) is 4.80. The van der Waals surface area contributed by atoms with Crippen molar-refractivity contribution < 1.29 is 9.53 Å². The molecule has 1 heterocycles. The number of hydrogen-bond acceptors (Lipinski definition) is 4. The number of rotatable bonds is 4. The van der Waals surface area contributed by atoms with E-state index in [2.05, 4.69) is 25.8 Å². The minimum atomic E-state index is -0.177. The summed E-state index contributed by atoms with van der Waals surface area (Å²) < 4.78 is 5.21. The Morgan fingerprint density at radius 1 is 1.50 bits per heavy atom. The first-order valence-corrected chi connectivity index (χ1v) is 6.14. The Morgan fingerprint density at radius 2 is 2.25 bits per heavy atom. The van der Waals surface area contributed by atoms with Crippen molar-refractivity contribution in [1.82, 2.24) is 4.98 Å². The van der Waals surface area contributed by atoms with Crippen LogP contribution in [0, 0.1) is 0 Å². The molecule has 0 aliphatic heterocycles. The van der Waals surface area contributed by atoms with E-state index in [4.69, 9.17) is 4.74 Å². The van der Waals surface area contributed by atoms with E-state index >= 15 is 0 Å². The summed E-state index contributed by atoms with van der Waals surface area (Å²) in [6, 6.07) is 3.71. The summed E-state index contributed by atoms with van der Waals surface area (Å²) in [7, 11) is 0. The van der Waals surface area contributed by atoms with E-state index in [9.17, 15) is 4.79 Å². The molecule has 0 radical (unpaired) electrons. The third kappa shape index (κ3) is 5.75. The highest BCUT2D eigenvalue weighted by Crippen LogP contribution is 2.22. The summed E-state index contributed by atoms with van der Waals surface area (Å²) in [5.74, 6) is 0.216. The van der Waals surface area contributed by atoms with Crippen LogP contribution in [0.4, 0.5) is 0 Å². The minimum Gasteiger partial charge on any atom is -0.460 e. The second-order valence-electron chi connectivity index (χ2n) is 4.42. The predicted octanol–water partition coefficient (Wildman–Crippen LogP) is 2.66. The molecule has 0 spiro atoms. The molecule has 0 saturated heterocycles. The number of nitrogens with zero attached hydrogens (tertiary/aromatic N) is 1. The lowest BCUT2D eigenvalue weighted by Crippen LogP contribution is -2.14. The van der Waals surface area contributed by atoms with Crippen LogP contribution >= 0.6 is 11.8 Å². The van der Waals surface area contributed by atoms with Crippen molar-refractivity contribution in [2.45, 2.75) is 32.1 Å². The average Bonchev–Trinajstić information content (AvgIpc) is 2.24. The van der Waals surface area contributed by atoms with Gasteiger partial charge in [-0.25, -0.2) is 0 Å². The van der Waals surface area contributed by atoms with Crippen LogP contribution in [0.15, 0.2) is 24.5 Å². The van der Waals surface area contributed by atoms with E-state index < -0.39 is 0 Å². The molecule has 0 unspecified atom stereocenters. The molecular weight excluding hydrogens is 222 g/mol. The molecule has 4 heteroatoms. The molecule has 0 fully saturated rings. The van der Waals surface area contributed by atoms with Gasteiger partial charge in [-0.15, -0.1) is 11.8 Å². The Morgan fingerprint density at radius 3 is 2.81 bits per heavy atom. The van der Waals surface area contributed by atoms with Crippen molar-refractivity contribution in [3.63, 3.8) is 0 Å². The molecule has 0 aromatic carbocycles. The van der Waals surface area contributed by atoms with Crippen molar-refractivity contribution in [2.24, 2.45) is 0 Å². The van der Waals surface area contributed by atoms with Crippen LogP contribution in [0.3, 0.4) is 0 Å². The topological polar surface area (TPSA) is 39.2 Å². The van der Waals surface area contributed by atoms with Crippen molar-refractivity contribution >= 4 is 17.7 Å². The van der Waals surface area contributed by atoms with E-state index in [1.54, 1.807) is 24.2 Å². The molecule has 1 rings (SSSR count). The fourth-order valence-electron chi connectivity index (χ4n) is 0.964. The number of thioether (sulfide) groups is 1. The molecule has 0 aliphatic rings. The van der Waals surface area contributed by atoms with Gasteiger partial charge in [0.1, 0.15) is 6.61 Å². The van der Waals surface area contributed by atoms with Crippen LogP contribution in [-0.4, -0.2) is 21.5 Å². The van der Waals surface area contributed by atoms with E-state index in [-0.39, 0.29) is 10.7 Å². The highest BCUT2D eigenvalue weighted by Gasteiger charge is 2.13. The van der Waals surface area contributed by atoms with Gasteiger partial charge in [0.2, 0.25) is 0 Å². The molecule has 16 heavy (non-hydrogen) atoms. The first-order chi connectivity index (χ1) is 7.47. The van der Waals surface area contributed by atoms with E-state index in [1.807, 2.05) is 12.1 Å². The Bertz CT molecular complexity index is 333. The second-order valence-corrected chi connectivity index (χ2v) is 6.23. The molecule has 0 N–H and O–H groups in total. The van der Waals surface area contributed by atoms with Gasteiger partial charge < -0.3 is 4.74 Å². The third-order valence-corrected chi connectivity index (χ3v) is 2.99. The maximum atomic E-state index is 11.4. The van der Waals surface area contributed by atoms with Crippen LogP contribution in [0.5, 0.6) is 0 Å². The normalized spacial score (nSPS) is 11.2. The van der Waals surface area contributed by atoms with Gasteiger partial charge in [0.15, 0.2) is 0 Å². The summed E-state index contributed by atoms with van der Waals surface area (Å²) in [6.45, 7) is 6.53. The number of ether oxygens (including phenoxy) is 1. The second kappa shape index (κ2) is 5.89. The Labute approximate surface area is 101 Å². The fraction of sp³-hybridized carbons (Fsp3) is 0.500. The van der Waals surface area contributed by atoms with E-state index in [0.717, 1.165) is 5.56 Å². The number of aromatic nitrogens is 1. The number of carbonyl (C=O) groups is 1. The molecule has 88 valence electrons. The summed E-state index contributed by atoms with van der Waals surface area (Å²) in [5, 5.41) is 0. The smallest absolute Gasteiger partial charge is 0.316 e. The maximum absolute atomic E-state index is 11.4. The number of hydrogen-bond donors (Lipinski definition) is 0. The SMILES string of the molecule is CC(C)(C)SCC(=O)OCc1cccnc1. The zero-order valence-electron chi connectivity index (χ0n) is 9.90. The van der Waals surface area contributed by atoms with Gasteiger partial charge in [-0.1, -0.05) is 26.8 Å². The number of esters is 1. The van der Waals surface area contributed by atoms with Gasteiger partial charge in [-0.05, 0) is 6.07 Å². The summed E-state index contributed by atoms with van der Waals surface area (Å²) in [4.78, 5) is 15.4. The lowest BCUT2D eigenvalue weighted by Gasteiger charge is -2.16. The molecule has 0 bridgehead atoms. The quantitative estimate of drug-likeness (QED) is 0.757. The summed E-state index contributed by atoms with van der Waals surface area (Å²) in [5.41, 5.74) is 0.914. The summed E-state index contributed by atoms with van der Waals surface area (Å²) >= 11 is 1.59. The van der Waals surface area contributed by atoms with E-state index in [1.165, 1.54) is 0 Å². The molecule has 0 aliphatic carbocycles. The van der Waals surface area contributed by atoms with Crippen LogP contribution in [0.25, 0.3) is 0 Å². The van der Waals surface area contributed by atoms with Gasteiger partial charge in [-0.3, -0.25) is 9.78 Å². The Hall–Kier alpha value is -1.03. The lowest BCUT2D eigenvalue weighted by atomic mass is 10.3. The zero-order chi connectivity index (χ0) is 12.0. The molecular formula is C12H17NO2S.